The van der Waals surface area contributed by atoms with E-state index in [1.165, 1.54) is 12.1 Å². The van der Waals surface area contributed by atoms with Gasteiger partial charge in [0.25, 0.3) is 0 Å². The van der Waals surface area contributed by atoms with Crippen molar-refractivity contribution >= 4 is 17.7 Å². The van der Waals surface area contributed by atoms with Crippen LogP contribution in [0.25, 0.3) is 0 Å². The number of nitrogens with one attached hydrogen (secondary N) is 1. The van der Waals surface area contributed by atoms with Crippen LogP contribution in [0.15, 0.2) is 24.3 Å². The van der Waals surface area contributed by atoms with E-state index in [2.05, 4.69) is 5.32 Å². The summed E-state index contributed by atoms with van der Waals surface area (Å²) in [5.74, 6) is 1.19. The van der Waals surface area contributed by atoms with Gasteiger partial charge in [0.1, 0.15) is 5.82 Å². The van der Waals surface area contributed by atoms with Gasteiger partial charge >= 0.3 is 0 Å². The first-order valence-corrected chi connectivity index (χ1v) is 5.54. The fourth-order valence-electron chi connectivity index (χ4n) is 1.42. The van der Waals surface area contributed by atoms with E-state index in [0.29, 0.717) is 5.75 Å². The van der Waals surface area contributed by atoms with Gasteiger partial charge in [0.15, 0.2) is 0 Å². The summed E-state index contributed by atoms with van der Waals surface area (Å²) in [6.45, 7) is 0. The van der Waals surface area contributed by atoms with E-state index in [-0.39, 0.29) is 17.8 Å². The van der Waals surface area contributed by atoms with Gasteiger partial charge in [-0.05, 0) is 17.7 Å². The quantitative estimate of drug-likeness (QED) is 0.766. The van der Waals surface area contributed by atoms with Crippen molar-refractivity contribution < 1.29 is 9.18 Å². The molecule has 1 amide bonds. The predicted molar refractivity (Wildman–Crippen MR) is 54.6 cm³/mol. The zero-order chi connectivity index (χ0) is 9.97. The molecule has 0 radical (unpaired) electrons. The van der Waals surface area contributed by atoms with Gasteiger partial charge in [0, 0.05) is 5.75 Å². The fourth-order valence-corrected chi connectivity index (χ4v) is 2.32. The molecule has 1 saturated heterocycles. The summed E-state index contributed by atoms with van der Waals surface area (Å²) in [5, 5.41) is 2.87. The maximum Gasteiger partial charge on any atom is 0.230 e. The maximum atomic E-state index is 12.6. The number of amides is 1. The lowest BCUT2D eigenvalue weighted by molar-refractivity contribution is -0.119. The first-order chi connectivity index (χ1) is 6.75. The van der Waals surface area contributed by atoms with E-state index in [4.69, 9.17) is 0 Å². The van der Waals surface area contributed by atoms with Gasteiger partial charge in [0.2, 0.25) is 5.91 Å². The standard InChI is InChI=1S/C10H10FNOS/c11-8-3-1-7(2-4-8)9-5-14-6-10(13)12-9/h1-4,9H,5-6H2,(H,12,13). The number of hydrogen-bond acceptors (Lipinski definition) is 2. The Hall–Kier alpha value is -1.03. The summed E-state index contributed by atoms with van der Waals surface area (Å²) in [6.07, 6.45) is 0. The lowest BCUT2D eigenvalue weighted by Gasteiger charge is -2.23. The Bertz CT molecular complexity index is 338. The highest BCUT2D eigenvalue weighted by Gasteiger charge is 2.19. The van der Waals surface area contributed by atoms with Gasteiger partial charge in [-0.25, -0.2) is 4.39 Å². The van der Waals surface area contributed by atoms with Crippen LogP contribution in [0, 0.1) is 5.82 Å². The molecular formula is C10H10FNOS. The smallest absolute Gasteiger partial charge is 0.230 e. The van der Waals surface area contributed by atoms with Gasteiger partial charge < -0.3 is 5.32 Å². The molecule has 0 aromatic heterocycles. The van der Waals surface area contributed by atoms with Gasteiger partial charge in [-0.15, -0.1) is 11.8 Å². The molecule has 1 N–H and O–H groups in total. The topological polar surface area (TPSA) is 29.1 Å². The fraction of sp³-hybridized carbons (Fsp3) is 0.300. The third-order valence-electron chi connectivity index (χ3n) is 2.13. The average molecular weight is 211 g/mol. The number of rotatable bonds is 1. The minimum absolute atomic E-state index is 0.0295. The summed E-state index contributed by atoms with van der Waals surface area (Å²) in [7, 11) is 0. The van der Waals surface area contributed by atoms with E-state index in [1.807, 2.05) is 0 Å². The molecule has 1 atom stereocenters. The molecule has 1 fully saturated rings. The second-order valence-corrected chi connectivity index (χ2v) is 4.22. The van der Waals surface area contributed by atoms with Crippen molar-refractivity contribution in [1.29, 1.82) is 0 Å². The van der Waals surface area contributed by atoms with E-state index < -0.39 is 0 Å². The summed E-state index contributed by atoms with van der Waals surface area (Å²) in [6, 6.07) is 6.29. The monoisotopic (exact) mass is 211 g/mol. The van der Waals surface area contributed by atoms with Crippen LogP contribution in [0.5, 0.6) is 0 Å². The zero-order valence-corrected chi connectivity index (χ0v) is 8.31. The van der Waals surface area contributed by atoms with Crippen molar-refractivity contribution in [2.45, 2.75) is 6.04 Å². The third kappa shape index (κ3) is 2.07. The summed E-state index contributed by atoms with van der Waals surface area (Å²) >= 11 is 1.60. The van der Waals surface area contributed by atoms with Crippen LogP contribution in [-0.4, -0.2) is 17.4 Å². The van der Waals surface area contributed by atoms with Crippen LogP contribution < -0.4 is 5.32 Å². The molecule has 1 aliphatic rings. The Morgan fingerprint density at radius 2 is 2.07 bits per heavy atom. The predicted octanol–water partition coefficient (Wildman–Crippen LogP) is 1.73. The number of carbonyl (C=O) groups excluding carboxylic acids is 1. The number of thioether (sulfide) groups is 1. The molecule has 1 aromatic carbocycles. The number of benzene rings is 1. The van der Waals surface area contributed by atoms with Crippen LogP contribution in [0.4, 0.5) is 4.39 Å². The third-order valence-corrected chi connectivity index (χ3v) is 3.16. The van der Waals surface area contributed by atoms with Gasteiger partial charge in [-0.3, -0.25) is 4.79 Å². The molecule has 14 heavy (non-hydrogen) atoms. The van der Waals surface area contributed by atoms with Gasteiger partial charge in [-0.2, -0.15) is 0 Å². The van der Waals surface area contributed by atoms with Crippen LogP contribution in [0.3, 0.4) is 0 Å². The highest BCUT2D eigenvalue weighted by molar-refractivity contribution is 8.00. The largest absolute Gasteiger partial charge is 0.348 e. The molecule has 0 aliphatic carbocycles. The van der Waals surface area contributed by atoms with Crippen LogP contribution >= 0.6 is 11.8 Å². The highest BCUT2D eigenvalue weighted by atomic mass is 32.2. The zero-order valence-electron chi connectivity index (χ0n) is 7.50. The Kier molecular flexibility index (Phi) is 2.72. The minimum atomic E-state index is -0.247. The van der Waals surface area contributed by atoms with E-state index >= 15 is 0 Å². The van der Waals surface area contributed by atoms with Crippen LogP contribution in [0.2, 0.25) is 0 Å². The number of halogens is 1. The summed E-state index contributed by atoms with van der Waals surface area (Å²) in [4.78, 5) is 11.1. The molecule has 1 heterocycles. The molecule has 1 aromatic rings. The Morgan fingerprint density at radius 1 is 1.36 bits per heavy atom. The number of carbonyl (C=O) groups is 1. The molecule has 0 spiro atoms. The average Bonchev–Trinajstić information content (AvgIpc) is 2.19. The molecule has 1 aliphatic heterocycles. The summed E-state index contributed by atoms with van der Waals surface area (Å²) in [5.41, 5.74) is 0.965. The molecule has 74 valence electrons. The second kappa shape index (κ2) is 4.00. The van der Waals surface area contributed by atoms with Crippen LogP contribution in [-0.2, 0) is 4.79 Å². The molecule has 2 rings (SSSR count). The number of hydrogen-bond donors (Lipinski definition) is 1. The molecule has 0 bridgehead atoms. The van der Waals surface area contributed by atoms with Crippen molar-refractivity contribution in [3.05, 3.63) is 35.6 Å². The summed E-state index contributed by atoms with van der Waals surface area (Å²) < 4.78 is 12.6. The van der Waals surface area contributed by atoms with Crippen molar-refractivity contribution in [2.24, 2.45) is 0 Å². The van der Waals surface area contributed by atoms with E-state index in [9.17, 15) is 9.18 Å². The molecule has 4 heteroatoms. The highest BCUT2D eigenvalue weighted by Crippen LogP contribution is 2.22. The van der Waals surface area contributed by atoms with Gasteiger partial charge in [-0.1, -0.05) is 12.1 Å². The second-order valence-electron chi connectivity index (χ2n) is 3.19. The molecular weight excluding hydrogens is 201 g/mol. The van der Waals surface area contributed by atoms with Crippen molar-refractivity contribution in [3.8, 4) is 0 Å². The normalized spacial score (nSPS) is 21.8. The van der Waals surface area contributed by atoms with Crippen LogP contribution in [0.1, 0.15) is 11.6 Å². The Balaban J connectivity index is 2.14. The minimum Gasteiger partial charge on any atom is -0.348 e. The molecule has 2 nitrogen and oxygen atoms in total. The van der Waals surface area contributed by atoms with Crippen molar-refractivity contribution in [3.63, 3.8) is 0 Å². The molecule has 1 unspecified atom stereocenters. The first-order valence-electron chi connectivity index (χ1n) is 4.38. The van der Waals surface area contributed by atoms with Crippen molar-refractivity contribution in [2.75, 3.05) is 11.5 Å². The lowest BCUT2D eigenvalue weighted by atomic mass is 10.1. The SMILES string of the molecule is O=C1CSCC(c2ccc(F)cc2)N1. The first kappa shape index (κ1) is 9.52. The lowest BCUT2D eigenvalue weighted by Crippen LogP contribution is -2.35. The van der Waals surface area contributed by atoms with E-state index in [0.717, 1.165) is 11.3 Å². The van der Waals surface area contributed by atoms with Gasteiger partial charge in [0.05, 0.1) is 11.8 Å². The maximum absolute atomic E-state index is 12.6. The Labute approximate surface area is 85.9 Å². The molecule has 0 saturated carbocycles. The Morgan fingerprint density at radius 3 is 2.71 bits per heavy atom. The van der Waals surface area contributed by atoms with Crippen molar-refractivity contribution in [1.82, 2.24) is 5.32 Å². The van der Waals surface area contributed by atoms with E-state index in [1.54, 1.807) is 23.9 Å².